The van der Waals surface area contributed by atoms with Gasteiger partial charge in [-0.15, -0.1) is 0 Å². The molecule has 4 aromatic carbocycles. The summed E-state index contributed by atoms with van der Waals surface area (Å²) in [6.45, 7) is 18.5. The van der Waals surface area contributed by atoms with Gasteiger partial charge in [0.2, 0.25) is 0 Å². The second-order valence-electron chi connectivity index (χ2n) is 8.71. The maximum Gasteiger partial charge on any atom is 0.0319 e. The maximum absolute atomic E-state index is 9.05. The Morgan fingerprint density at radius 1 is 0.707 bits per heavy atom. The first-order valence-corrected chi connectivity index (χ1v) is 14.9. The standard InChI is InChI=1S/C26H23NO.C5H8.3C2H6.CH4O/c1-19-11-12-22(20-7-3-2-4-8-20)17-24(19)18-23-14-13-21-9-5-6-10-25(21)26(23)15-16-27-28;1-4-3-5(4)2;4*1-2/h2-17,27-28H,18H2,1H3;3-4H,1-2H3;3*1-2H3;2H,1H3/b16-15-;;;;;. The molecule has 0 aromatic heterocycles. The zero-order valence-corrected chi connectivity index (χ0v) is 27.0. The third-order valence-corrected chi connectivity index (χ3v) is 6.34. The lowest BCUT2D eigenvalue weighted by atomic mass is 9.91. The SMILES string of the molecule is CC.CC.CC.CC1=CC1C.CO.Cc1ccc(-c2ccccc2)cc1Cc1ccc2ccccc2c1/C=C\NO. The Labute approximate surface area is 250 Å². The first kappa shape index (κ1) is 37.3. The van der Waals surface area contributed by atoms with Crippen molar-refractivity contribution in [3.8, 4) is 11.1 Å². The Hall–Kier alpha value is -3.66. The van der Waals surface area contributed by atoms with Gasteiger partial charge in [-0.3, -0.25) is 10.7 Å². The minimum atomic E-state index is 0.836. The van der Waals surface area contributed by atoms with E-state index >= 15 is 0 Å². The topological polar surface area (TPSA) is 52.5 Å². The Kier molecular flexibility index (Phi) is 20.1. The molecule has 1 unspecified atom stereocenters. The number of benzene rings is 4. The fraction of sp³-hybridized carbons (Fsp3) is 0.316. The fourth-order valence-corrected chi connectivity index (χ4v) is 4.04. The first-order chi connectivity index (χ1) is 20.1. The molecule has 0 amide bonds. The smallest absolute Gasteiger partial charge is 0.0319 e. The molecule has 0 aliphatic heterocycles. The van der Waals surface area contributed by atoms with Gasteiger partial charge in [-0.05, 0) is 76.4 Å². The molecule has 41 heavy (non-hydrogen) atoms. The van der Waals surface area contributed by atoms with Crippen LogP contribution in [0.4, 0.5) is 0 Å². The third kappa shape index (κ3) is 12.2. The summed E-state index contributed by atoms with van der Waals surface area (Å²) in [6.07, 6.45) is 6.59. The van der Waals surface area contributed by atoms with Crippen LogP contribution in [0.1, 0.15) is 77.6 Å². The lowest BCUT2D eigenvalue weighted by Crippen LogP contribution is -1.98. The predicted octanol–water partition coefficient (Wildman–Crippen LogP) is 10.6. The zero-order valence-electron chi connectivity index (χ0n) is 27.0. The Balaban J connectivity index is 0.00000105. The van der Waals surface area contributed by atoms with Crippen LogP contribution in [0.25, 0.3) is 28.0 Å². The van der Waals surface area contributed by atoms with Gasteiger partial charge < -0.3 is 5.11 Å². The van der Waals surface area contributed by atoms with Crippen molar-refractivity contribution in [2.24, 2.45) is 5.92 Å². The molecule has 0 heterocycles. The summed E-state index contributed by atoms with van der Waals surface area (Å²) in [5, 5.41) is 18.4. The number of aryl methyl sites for hydroxylation is 1. The van der Waals surface area contributed by atoms with E-state index in [-0.39, 0.29) is 0 Å². The summed E-state index contributed by atoms with van der Waals surface area (Å²) in [6, 6.07) is 29.9. The summed E-state index contributed by atoms with van der Waals surface area (Å²) < 4.78 is 0. The summed E-state index contributed by atoms with van der Waals surface area (Å²) in [4.78, 5) is 0. The number of allylic oxidation sites excluding steroid dienone is 2. The van der Waals surface area contributed by atoms with Gasteiger partial charge in [-0.1, -0.05) is 145 Å². The van der Waals surface area contributed by atoms with Gasteiger partial charge in [0.05, 0.1) is 0 Å². The van der Waals surface area contributed by atoms with E-state index in [1.807, 2.05) is 59.8 Å². The molecule has 1 aliphatic rings. The largest absolute Gasteiger partial charge is 0.400 e. The van der Waals surface area contributed by atoms with Gasteiger partial charge in [0, 0.05) is 13.3 Å². The predicted molar refractivity (Wildman–Crippen MR) is 182 cm³/mol. The van der Waals surface area contributed by atoms with E-state index in [0.717, 1.165) is 25.0 Å². The van der Waals surface area contributed by atoms with Gasteiger partial charge in [0.15, 0.2) is 0 Å². The molecule has 0 spiro atoms. The molecule has 0 saturated heterocycles. The first-order valence-electron chi connectivity index (χ1n) is 14.9. The number of rotatable bonds is 5. The van der Waals surface area contributed by atoms with Crippen LogP contribution in [-0.4, -0.2) is 17.4 Å². The second kappa shape index (κ2) is 22.1. The molecule has 4 aromatic rings. The molecule has 0 fully saturated rings. The highest BCUT2D eigenvalue weighted by Gasteiger charge is 2.11. The maximum atomic E-state index is 9.05. The average Bonchev–Trinajstić information content (AvgIpc) is 3.72. The summed E-state index contributed by atoms with van der Waals surface area (Å²) in [7, 11) is 1.00. The van der Waals surface area contributed by atoms with Crippen LogP contribution < -0.4 is 5.48 Å². The Bertz CT molecular complexity index is 1310. The molecular weight excluding hydrogens is 502 g/mol. The highest BCUT2D eigenvalue weighted by atomic mass is 16.5. The Morgan fingerprint density at radius 2 is 1.27 bits per heavy atom. The van der Waals surface area contributed by atoms with E-state index in [0.29, 0.717) is 0 Å². The molecule has 3 nitrogen and oxygen atoms in total. The van der Waals surface area contributed by atoms with Gasteiger partial charge >= 0.3 is 0 Å². The van der Waals surface area contributed by atoms with E-state index in [1.165, 1.54) is 38.6 Å². The molecule has 0 bridgehead atoms. The molecule has 3 heteroatoms. The summed E-state index contributed by atoms with van der Waals surface area (Å²) in [5.41, 5.74) is 11.1. The van der Waals surface area contributed by atoms with Gasteiger partial charge in [0.25, 0.3) is 0 Å². The highest BCUT2D eigenvalue weighted by Crippen LogP contribution is 2.29. The van der Waals surface area contributed by atoms with Crippen molar-refractivity contribution in [1.29, 1.82) is 0 Å². The molecule has 5 rings (SSSR count). The van der Waals surface area contributed by atoms with E-state index in [9.17, 15) is 0 Å². The van der Waals surface area contributed by atoms with Crippen molar-refractivity contribution in [1.82, 2.24) is 5.48 Å². The lowest BCUT2D eigenvalue weighted by molar-refractivity contribution is 0.215. The molecule has 0 saturated carbocycles. The fourth-order valence-electron chi connectivity index (χ4n) is 4.04. The summed E-state index contributed by atoms with van der Waals surface area (Å²) >= 11 is 0. The number of nitrogens with one attached hydrogen (secondary N) is 1. The second-order valence-corrected chi connectivity index (χ2v) is 8.71. The van der Waals surface area contributed by atoms with Crippen molar-refractivity contribution >= 4 is 16.8 Å². The van der Waals surface area contributed by atoms with Crippen molar-refractivity contribution < 1.29 is 10.3 Å². The van der Waals surface area contributed by atoms with E-state index < -0.39 is 0 Å². The van der Waals surface area contributed by atoms with Crippen molar-refractivity contribution in [3.05, 3.63) is 125 Å². The third-order valence-electron chi connectivity index (χ3n) is 6.34. The number of hydrogen-bond acceptors (Lipinski definition) is 3. The quantitative estimate of drug-likeness (QED) is 0.170. The number of aliphatic hydroxyl groups is 1. The van der Waals surface area contributed by atoms with Crippen molar-refractivity contribution in [2.45, 2.75) is 68.7 Å². The van der Waals surface area contributed by atoms with E-state index in [4.69, 9.17) is 10.3 Å². The van der Waals surface area contributed by atoms with Crippen LogP contribution in [-0.2, 0) is 6.42 Å². The number of hydrogen-bond donors (Lipinski definition) is 3. The lowest BCUT2D eigenvalue weighted by Gasteiger charge is -2.14. The molecule has 1 atom stereocenters. The van der Waals surface area contributed by atoms with Crippen LogP contribution in [0.15, 0.2) is 103 Å². The molecule has 0 radical (unpaired) electrons. The highest BCUT2D eigenvalue weighted by molar-refractivity contribution is 5.92. The van der Waals surface area contributed by atoms with Crippen molar-refractivity contribution in [2.75, 3.05) is 7.11 Å². The van der Waals surface area contributed by atoms with Crippen LogP contribution in [0.3, 0.4) is 0 Å². The Morgan fingerprint density at radius 3 is 1.83 bits per heavy atom. The summed E-state index contributed by atoms with van der Waals surface area (Å²) in [5.74, 6) is 0.843. The molecule has 3 N–H and O–H groups in total. The number of fused-ring (bicyclic) bond motifs is 1. The monoisotopic (exact) mass is 555 g/mol. The van der Waals surface area contributed by atoms with E-state index in [2.05, 4.69) is 105 Å². The van der Waals surface area contributed by atoms with Crippen LogP contribution in [0.2, 0.25) is 0 Å². The van der Waals surface area contributed by atoms with Crippen LogP contribution in [0, 0.1) is 12.8 Å². The normalized spacial score (nSPS) is 12.3. The van der Waals surface area contributed by atoms with Crippen LogP contribution >= 0.6 is 0 Å². The minimum Gasteiger partial charge on any atom is -0.400 e. The number of aliphatic hydroxyl groups excluding tert-OH is 1. The zero-order chi connectivity index (χ0) is 31.2. The van der Waals surface area contributed by atoms with Gasteiger partial charge in [-0.25, -0.2) is 0 Å². The van der Waals surface area contributed by atoms with Gasteiger partial charge in [-0.2, -0.15) is 0 Å². The molecule has 1 aliphatic carbocycles. The van der Waals surface area contributed by atoms with Gasteiger partial charge in [0.1, 0.15) is 0 Å². The number of hydroxylamine groups is 1. The van der Waals surface area contributed by atoms with Crippen LogP contribution in [0.5, 0.6) is 0 Å². The average molecular weight is 556 g/mol. The molecular formula is C38H53NO2. The minimum absolute atomic E-state index is 0.836. The van der Waals surface area contributed by atoms with Crippen molar-refractivity contribution in [3.63, 3.8) is 0 Å². The van der Waals surface area contributed by atoms with E-state index in [1.54, 1.807) is 11.8 Å². The molecule has 222 valence electrons.